The summed E-state index contributed by atoms with van der Waals surface area (Å²) in [7, 11) is 0. The van der Waals surface area contributed by atoms with Gasteiger partial charge >= 0.3 is 6.01 Å². The number of anilines is 1. The summed E-state index contributed by atoms with van der Waals surface area (Å²) in [6, 6.07) is 19.0. The van der Waals surface area contributed by atoms with E-state index in [1.807, 2.05) is 30.3 Å². The van der Waals surface area contributed by atoms with Gasteiger partial charge in [0.2, 0.25) is 5.91 Å². The minimum atomic E-state index is 0.0980. The SMILES string of the molecule is O=C(CC1CCNC1)N1C2CCC1CN(c1nc(OCC34CCCN3CCC4)nc3cc(-c4cc(O)cc5ccccc45)ccc13)C2. The maximum Gasteiger partial charge on any atom is 0.319 e. The van der Waals surface area contributed by atoms with Gasteiger partial charge in [-0.15, -0.1) is 0 Å². The van der Waals surface area contributed by atoms with Crippen molar-refractivity contribution in [3.05, 3.63) is 54.6 Å². The van der Waals surface area contributed by atoms with Crippen molar-refractivity contribution in [2.24, 2.45) is 5.92 Å². The molecule has 0 saturated carbocycles. The van der Waals surface area contributed by atoms with E-state index in [4.69, 9.17) is 14.7 Å². The van der Waals surface area contributed by atoms with Crippen molar-refractivity contribution < 1.29 is 14.6 Å². The van der Waals surface area contributed by atoms with Gasteiger partial charge in [-0.2, -0.15) is 9.97 Å². The fourth-order valence-corrected chi connectivity index (χ4v) is 9.48. The van der Waals surface area contributed by atoms with Gasteiger partial charge in [-0.1, -0.05) is 30.3 Å². The Bertz CT molecular complexity index is 1820. The van der Waals surface area contributed by atoms with Crippen LogP contribution in [0.25, 0.3) is 32.8 Å². The second-order valence-corrected chi connectivity index (χ2v) is 14.6. The van der Waals surface area contributed by atoms with Gasteiger partial charge < -0.3 is 25.0 Å². The van der Waals surface area contributed by atoms with Crippen LogP contribution < -0.4 is 15.0 Å². The Hall–Kier alpha value is -3.95. The molecule has 4 aromatic rings. The number of ether oxygens (including phenoxy) is 1. The number of benzene rings is 3. The van der Waals surface area contributed by atoms with Crippen LogP contribution in [-0.4, -0.2) is 94.3 Å². The highest BCUT2D eigenvalue weighted by Gasteiger charge is 2.46. The normalized spacial score (nSPS) is 25.2. The lowest BCUT2D eigenvalue weighted by Gasteiger charge is -2.42. The van der Waals surface area contributed by atoms with E-state index in [1.54, 1.807) is 0 Å². The van der Waals surface area contributed by atoms with Crippen LogP contribution in [0.5, 0.6) is 11.8 Å². The molecular weight excluding hydrogens is 588 g/mol. The van der Waals surface area contributed by atoms with Crippen LogP contribution in [0.4, 0.5) is 5.82 Å². The Labute approximate surface area is 275 Å². The van der Waals surface area contributed by atoms with Gasteiger partial charge in [-0.05, 0) is 123 Å². The molecule has 5 aliphatic rings. The number of nitrogens with zero attached hydrogens (tertiary/aromatic N) is 5. The van der Waals surface area contributed by atoms with Gasteiger partial charge in [-0.25, -0.2) is 0 Å². The van der Waals surface area contributed by atoms with Crippen molar-refractivity contribution in [1.29, 1.82) is 0 Å². The third kappa shape index (κ3) is 5.19. The van der Waals surface area contributed by atoms with Crippen LogP contribution in [0.3, 0.4) is 0 Å². The molecule has 2 N–H and O–H groups in total. The first-order valence-corrected chi connectivity index (χ1v) is 17.7. The minimum absolute atomic E-state index is 0.0980. The maximum absolute atomic E-state index is 13.5. The van der Waals surface area contributed by atoms with E-state index >= 15 is 0 Å². The number of hydrogen-bond acceptors (Lipinski definition) is 8. The molecule has 3 atom stereocenters. The molecule has 9 rings (SSSR count). The minimum Gasteiger partial charge on any atom is -0.508 e. The van der Waals surface area contributed by atoms with E-state index in [1.165, 1.54) is 25.7 Å². The highest BCUT2D eigenvalue weighted by molar-refractivity contribution is 6.01. The molecule has 6 heterocycles. The lowest BCUT2D eigenvalue weighted by atomic mass is 9.95. The number of carbonyl (C=O) groups excluding carboxylic acids is 1. The number of phenols is 1. The Kier molecular flexibility index (Phi) is 7.23. The number of piperazine rings is 1. The zero-order chi connectivity index (χ0) is 31.5. The molecule has 1 amide bonds. The molecule has 3 unspecified atom stereocenters. The van der Waals surface area contributed by atoms with Gasteiger partial charge in [0, 0.05) is 37.0 Å². The summed E-state index contributed by atoms with van der Waals surface area (Å²) in [6.07, 6.45) is 8.59. The molecule has 2 bridgehead atoms. The molecule has 3 aromatic carbocycles. The number of fused-ring (bicyclic) bond motifs is 5. The summed E-state index contributed by atoms with van der Waals surface area (Å²) in [4.78, 5) is 30.9. The standard InChI is InChI=1S/C38H44N6O3/c45-30-18-26-5-1-2-6-31(26)33(20-30)27-7-10-32-34(19-27)40-37(47-24-38-12-3-15-43(38)16-4-13-38)41-36(32)42-22-28-8-9-29(23-42)44(28)35(46)17-25-11-14-39-21-25/h1-2,5-7,10,18-20,25,28-29,39,45H,3-4,8-9,11-17,21-24H2. The summed E-state index contributed by atoms with van der Waals surface area (Å²) in [6.45, 7) is 6.43. The van der Waals surface area contributed by atoms with Crippen molar-refractivity contribution in [1.82, 2.24) is 25.1 Å². The first-order valence-electron chi connectivity index (χ1n) is 17.7. The number of amides is 1. The van der Waals surface area contributed by atoms with Crippen LogP contribution in [-0.2, 0) is 4.79 Å². The fraction of sp³-hybridized carbons (Fsp3) is 0.500. The highest BCUT2D eigenvalue weighted by Crippen LogP contribution is 2.41. The molecule has 244 valence electrons. The zero-order valence-electron chi connectivity index (χ0n) is 27.0. The van der Waals surface area contributed by atoms with Crippen LogP contribution >= 0.6 is 0 Å². The molecular formula is C38H44N6O3. The highest BCUT2D eigenvalue weighted by atomic mass is 16.5. The van der Waals surface area contributed by atoms with Gasteiger partial charge in [-0.3, -0.25) is 9.69 Å². The predicted molar refractivity (Wildman–Crippen MR) is 184 cm³/mol. The van der Waals surface area contributed by atoms with Crippen molar-refractivity contribution >= 4 is 33.4 Å². The monoisotopic (exact) mass is 632 g/mol. The Morgan fingerprint density at radius 3 is 2.55 bits per heavy atom. The second kappa shape index (κ2) is 11.6. The lowest BCUT2D eigenvalue weighted by molar-refractivity contribution is -0.135. The van der Waals surface area contributed by atoms with Crippen molar-refractivity contribution in [3.8, 4) is 22.9 Å². The zero-order valence-corrected chi connectivity index (χ0v) is 27.0. The fourth-order valence-electron chi connectivity index (χ4n) is 9.48. The molecule has 0 spiro atoms. The molecule has 5 saturated heterocycles. The summed E-state index contributed by atoms with van der Waals surface area (Å²) in [5, 5.41) is 17.1. The van der Waals surface area contributed by atoms with Crippen LogP contribution in [0.2, 0.25) is 0 Å². The lowest BCUT2D eigenvalue weighted by Crippen LogP contribution is -2.56. The van der Waals surface area contributed by atoms with E-state index in [2.05, 4.69) is 44.3 Å². The summed E-state index contributed by atoms with van der Waals surface area (Å²) >= 11 is 0. The molecule has 9 heteroatoms. The summed E-state index contributed by atoms with van der Waals surface area (Å²) in [5.41, 5.74) is 2.90. The number of hydrogen-bond donors (Lipinski definition) is 2. The molecule has 47 heavy (non-hydrogen) atoms. The van der Waals surface area contributed by atoms with Gasteiger partial charge in [0.15, 0.2) is 0 Å². The Morgan fingerprint density at radius 1 is 0.957 bits per heavy atom. The first kappa shape index (κ1) is 29.2. The average Bonchev–Trinajstić information content (AvgIpc) is 3.87. The Balaban J connectivity index is 1.07. The van der Waals surface area contributed by atoms with Crippen molar-refractivity contribution in [2.75, 3.05) is 50.8 Å². The maximum atomic E-state index is 13.5. The van der Waals surface area contributed by atoms with Gasteiger partial charge in [0.1, 0.15) is 18.2 Å². The van der Waals surface area contributed by atoms with Crippen LogP contribution in [0, 0.1) is 5.92 Å². The molecule has 0 radical (unpaired) electrons. The van der Waals surface area contributed by atoms with Crippen molar-refractivity contribution in [2.45, 2.75) is 69.0 Å². The molecule has 5 fully saturated rings. The first-order chi connectivity index (χ1) is 23.0. The number of aromatic hydroxyl groups is 1. The summed E-state index contributed by atoms with van der Waals surface area (Å²) in [5.74, 6) is 1.92. The van der Waals surface area contributed by atoms with E-state index in [9.17, 15) is 9.90 Å². The number of carbonyl (C=O) groups is 1. The smallest absolute Gasteiger partial charge is 0.319 e. The van der Waals surface area contributed by atoms with Crippen LogP contribution in [0.1, 0.15) is 51.4 Å². The topological polar surface area (TPSA) is 94.1 Å². The number of rotatable bonds is 7. The number of aromatic nitrogens is 2. The van der Waals surface area contributed by atoms with E-state index in [-0.39, 0.29) is 23.4 Å². The van der Waals surface area contributed by atoms with E-state index in [0.717, 1.165) is 97.2 Å². The molecule has 5 aliphatic heterocycles. The van der Waals surface area contributed by atoms with Gasteiger partial charge in [0.05, 0.1) is 11.1 Å². The molecule has 0 aliphatic carbocycles. The van der Waals surface area contributed by atoms with Crippen LogP contribution in [0.15, 0.2) is 54.6 Å². The van der Waals surface area contributed by atoms with E-state index in [0.29, 0.717) is 30.9 Å². The molecule has 9 nitrogen and oxygen atoms in total. The summed E-state index contributed by atoms with van der Waals surface area (Å²) < 4.78 is 6.57. The van der Waals surface area contributed by atoms with Gasteiger partial charge in [0.25, 0.3) is 0 Å². The molecule has 1 aromatic heterocycles. The van der Waals surface area contributed by atoms with Crippen molar-refractivity contribution in [3.63, 3.8) is 0 Å². The third-order valence-electron chi connectivity index (χ3n) is 11.8. The largest absolute Gasteiger partial charge is 0.508 e. The third-order valence-corrected chi connectivity index (χ3v) is 11.8. The van der Waals surface area contributed by atoms with E-state index < -0.39 is 0 Å². The number of nitrogens with one attached hydrogen (secondary N) is 1. The predicted octanol–water partition coefficient (Wildman–Crippen LogP) is 5.34. The number of phenolic OH excluding ortho intramolecular Hbond substituents is 1. The Morgan fingerprint density at radius 2 is 1.77 bits per heavy atom. The second-order valence-electron chi connectivity index (χ2n) is 14.6. The average molecular weight is 633 g/mol. The quantitative estimate of drug-likeness (QED) is 0.282.